The molecule has 5 nitrogen and oxygen atoms in total. The molecular weight excluding hydrogens is 246 g/mol. The molecule has 1 aromatic rings. The number of para-hydroxylation sites is 1. The second kappa shape index (κ2) is 7.41. The number of hydrogen-bond donors (Lipinski definition) is 1. The number of benzene rings is 1. The van der Waals surface area contributed by atoms with E-state index in [1.807, 2.05) is 6.92 Å². The van der Waals surface area contributed by atoms with E-state index >= 15 is 0 Å². The molecule has 0 aliphatic rings. The summed E-state index contributed by atoms with van der Waals surface area (Å²) in [6.07, 6.45) is -0.831. The average molecular weight is 265 g/mol. The number of esters is 1. The van der Waals surface area contributed by atoms with Crippen molar-refractivity contribution < 1.29 is 19.1 Å². The normalized spacial score (nSPS) is 11.5. The Hall–Kier alpha value is -2.04. The van der Waals surface area contributed by atoms with Crippen molar-refractivity contribution in [1.82, 2.24) is 5.32 Å². The van der Waals surface area contributed by atoms with Crippen LogP contribution in [0.15, 0.2) is 24.3 Å². The second-order valence-corrected chi connectivity index (χ2v) is 3.87. The van der Waals surface area contributed by atoms with Crippen LogP contribution in [0.3, 0.4) is 0 Å². The molecular formula is C14H19NO4. The van der Waals surface area contributed by atoms with Gasteiger partial charge in [-0.05, 0) is 32.9 Å². The summed E-state index contributed by atoms with van der Waals surface area (Å²) in [6.45, 7) is 6.12. The molecule has 0 aliphatic heterocycles. The summed E-state index contributed by atoms with van der Waals surface area (Å²) in [5.74, 6) is -0.425. The maximum atomic E-state index is 12.0. The number of rotatable bonds is 6. The Balaban J connectivity index is 2.75. The average Bonchev–Trinajstić information content (AvgIpc) is 2.39. The lowest BCUT2D eigenvalue weighted by Gasteiger charge is -2.14. The molecule has 0 radical (unpaired) electrons. The minimum absolute atomic E-state index is 0.315. The lowest BCUT2D eigenvalue weighted by molar-refractivity contribution is -0.128. The number of ether oxygens (including phenoxy) is 2. The first-order valence-electron chi connectivity index (χ1n) is 6.30. The van der Waals surface area contributed by atoms with Crippen LogP contribution < -0.4 is 10.1 Å². The van der Waals surface area contributed by atoms with Crippen LogP contribution in [0.25, 0.3) is 0 Å². The molecule has 104 valence electrons. The fraction of sp³-hybridized carbons (Fsp3) is 0.429. The first-order valence-corrected chi connectivity index (χ1v) is 6.30. The van der Waals surface area contributed by atoms with Crippen LogP contribution in [0.4, 0.5) is 0 Å². The third-order valence-corrected chi connectivity index (χ3v) is 2.41. The number of amides is 1. The smallest absolute Gasteiger partial charge is 0.342 e. The van der Waals surface area contributed by atoms with E-state index in [0.717, 1.165) is 0 Å². The Morgan fingerprint density at radius 2 is 1.95 bits per heavy atom. The van der Waals surface area contributed by atoms with Crippen molar-refractivity contribution in [2.24, 2.45) is 0 Å². The standard InChI is InChI=1S/C14H19NO4/c1-4-15-13(16)10(3)19-14(17)11-8-6-7-9-12(11)18-5-2/h6-10H,4-5H2,1-3H3,(H,15,16)/t10-/m1/s1. The quantitative estimate of drug-likeness (QED) is 0.796. The van der Waals surface area contributed by atoms with Crippen LogP contribution in [-0.2, 0) is 9.53 Å². The number of hydrogen-bond acceptors (Lipinski definition) is 4. The Kier molecular flexibility index (Phi) is 5.85. The Morgan fingerprint density at radius 3 is 2.58 bits per heavy atom. The maximum absolute atomic E-state index is 12.0. The van der Waals surface area contributed by atoms with E-state index in [9.17, 15) is 9.59 Å². The molecule has 1 rings (SSSR count). The molecule has 1 aromatic carbocycles. The highest BCUT2D eigenvalue weighted by atomic mass is 16.5. The number of nitrogens with one attached hydrogen (secondary N) is 1. The van der Waals surface area contributed by atoms with Crippen LogP contribution >= 0.6 is 0 Å². The van der Waals surface area contributed by atoms with Crippen LogP contribution in [-0.4, -0.2) is 31.1 Å². The highest BCUT2D eigenvalue weighted by molar-refractivity contribution is 5.94. The maximum Gasteiger partial charge on any atom is 0.342 e. The van der Waals surface area contributed by atoms with E-state index < -0.39 is 12.1 Å². The zero-order chi connectivity index (χ0) is 14.3. The Bertz CT molecular complexity index is 445. The van der Waals surface area contributed by atoms with E-state index in [2.05, 4.69) is 5.32 Å². The molecule has 0 spiro atoms. The second-order valence-electron chi connectivity index (χ2n) is 3.87. The molecule has 0 unspecified atom stereocenters. The molecule has 0 aromatic heterocycles. The molecule has 5 heteroatoms. The molecule has 19 heavy (non-hydrogen) atoms. The molecule has 0 saturated carbocycles. The predicted molar refractivity (Wildman–Crippen MR) is 71.2 cm³/mol. The zero-order valence-electron chi connectivity index (χ0n) is 11.4. The van der Waals surface area contributed by atoms with Gasteiger partial charge in [0.25, 0.3) is 5.91 Å². The first kappa shape index (κ1) is 15.0. The lowest BCUT2D eigenvalue weighted by atomic mass is 10.2. The van der Waals surface area contributed by atoms with Crippen molar-refractivity contribution in [2.75, 3.05) is 13.2 Å². The van der Waals surface area contributed by atoms with Crippen LogP contribution in [0.1, 0.15) is 31.1 Å². The van der Waals surface area contributed by atoms with Gasteiger partial charge in [0.2, 0.25) is 0 Å². The first-order chi connectivity index (χ1) is 9.10. The summed E-state index contributed by atoms with van der Waals surface area (Å²) in [4.78, 5) is 23.5. The van der Waals surface area contributed by atoms with E-state index in [0.29, 0.717) is 24.5 Å². The third kappa shape index (κ3) is 4.28. The van der Waals surface area contributed by atoms with Gasteiger partial charge in [-0.3, -0.25) is 4.79 Å². The van der Waals surface area contributed by atoms with Gasteiger partial charge in [-0.2, -0.15) is 0 Å². The highest BCUT2D eigenvalue weighted by Gasteiger charge is 2.20. The summed E-state index contributed by atoms with van der Waals surface area (Å²) in [7, 11) is 0. The van der Waals surface area contributed by atoms with Crippen molar-refractivity contribution >= 4 is 11.9 Å². The van der Waals surface area contributed by atoms with Crippen LogP contribution in [0, 0.1) is 0 Å². The van der Waals surface area contributed by atoms with Crippen molar-refractivity contribution in [3.05, 3.63) is 29.8 Å². The Labute approximate surface area is 112 Å². The molecule has 1 atom stereocenters. The van der Waals surface area contributed by atoms with Gasteiger partial charge in [0.1, 0.15) is 11.3 Å². The number of likely N-dealkylation sites (N-methyl/N-ethyl adjacent to an activating group) is 1. The van der Waals surface area contributed by atoms with Gasteiger partial charge in [-0.15, -0.1) is 0 Å². The lowest BCUT2D eigenvalue weighted by Crippen LogP contribution is -2.35. The van der Waals surface area contributed by atoms with E-state index in [-0.39, 0.29) is 5.91 Å². The van der Waals surface area contributed by atoms with E-state index in [1.165, 1.54) is 6.92 Å². The molecule has 0 heterocycles. The summed E-state index contributed by atoms with van der Waals surface area (Å²) >= 11 is 0. The van der Waals surface area contributed by atoms with Gasteiger partial charge in [0.05, 0.1) is 6.61 Å². The molecule has 1 N–H and O–H groups in total. The minimum atomic E-state index is -0.831. The van der Waals surface area contributed by atoms with Crippen LogP contribution in [0.5, 0.6) is 5.75 Å². The van der Waals surface area contributed by atoms with Gasteiger partial charge >= 0.3 is 5.97 Å². The van der Waals surface area contributed by atoms with Crippen molar-refractivity contribution in [1.29, 1.82) is 0 Å². The minimum Gasteiger partial charge on any atom is -0.493 e. The van der Waals surface area contributed by atoms with Crippen molar-refractivity contribution in [3.8, 4) is 5.75 Å². The summed E-state index contributed by atoms with van der Waals surface area (Å²) in [5.41, 5.74) is 0.320. The SMILES string of the molecule is CCNC(=O)[C@@H](C)OC(=O)c1ccccc1OCC. The molecule has 0 aliphatic carbocycles. The van der Waals surface area contributed by atoms with Gasteiger partial charge in [0.15, 0.2) is 6.10 Å². The van der Waals surface area contributed by atoms with Crippen LogP contribution in [0.2, 0.25) is 0 Å². The summed E-state index contributed by atoms with van der Waals surface area (Å²) in [6, 6.07) is 6.79. The fourth-order valence-corrected chi connectivity index (χ4v) is 1.51. The third-order valence-electron chi connectivity index (χ3n) is 2.41. The fourth-order valence-electron chi connectivity index (χ4n) is 1.51. The predicted octanol–water partition coefficient (Wildman–Crippen LogP) is 1.77. The van der Waals surface area contributed by atoms with Gasteiger partial charge in [-0.25, -0.2) is 4.79 Å². The summed E-state index contributed by atoms with van der Waals surface area (Å²) < 4.78 is 10.5. The van der Waals surface area contributed by atoms with Crippen molar-refractivity contribution in [3.63, 3.8) is 0 Å². The molecule has 0 saturated heterocycles. The molecule has 1 amide bonds. The van der Waals surface area contributed by atoms with E-state index in [1.54, 1.807) is 31.2 Å². The van der Waals surface area contributed by atoms with Crippen molar-refractivity contribution in [2.45, 2.75) is 26.9 Å². The number of carbonyl (C=O) groups is 2. The van der Waals surface area contributed by atoms with Gasteiger partial charge in [0, 0.05) is 6.54 Å². The van der Waals surface area contributed by atoms with Gasteiger partial charge < -0.3 is 14.8 Å². The zero-order valence-corrected chi connectivity index (χ0v) is 11.4. The monoisotopic (exact) mass is 265 g/mol. The highest BCUT2D eigenvalue weighted by Crippen LogP contribution is 2.19. The molecule has 0 bridgehead atoms. The largest absolute Gasteiger partial charge is 0.493 e. The Morgan fingerprint density at radius 1 is 1.26 bits per heavy atom. The van der Waals surface area contributed by atoms with E-state index in [4.69, 9.17) is 9.47 Å². The molecule has 0 fully saturated rings. The number of carbonyl (C=O) groups excluding carboxylic acids is 2. The topological polar surface area (TPSA) is 64.6 Å². The summed E-state index contributed by atoms with van der Waals surface area (Å²) in [5, 5.41) is 2.59. The van der Waals surface area contributed by atoms with Gasteiger partial charge in [-0.1, -0.05) is 12.1 Å².